The van der Waals surface area contributed by atoms with Crippen LogP contribution in [0, 0.1) is 0 Å². The molecule has 2 N–H and O–H groups in total. The number of phenolic OH excluding ortho intramolecular Hbond substituents is 1. The van der Waals surface area contributed by atoms with Crippen LogP contribution < -0.4 is 5.43 Å². The molecule has 1 fully saturated rings. The van der Waals surface area contributed by atoms with E-state index in [0.717, 1.165) is 0 Å². The van der Waals surface area contributed by atoms with E-state index in [0.29, 0.717) is 27.2 Å². The molecule has 5 nitrogen and oxygen atoms in total. The lowest BCUT2D eigenvalue weighted by Crippen LogP contribution is -2.34. The van der Waals surface area contributed by atoms with Crippen LogP contribution in [0.1, 0.15) is 10.9 Å². The molecule has 3 rings (SSSR count). The van der Waals surface area contributed by atoms with E-state index in [1.165, 1.54) is 23.0 Å². The first kappa shape index (κ1) is 15.3. The number of phenols is 1. The molecule has 0 bridgehead atoms. The molecule has 1 amide bonds. The van der Waals surface area contributed by atoms with E-state index in [9.17, 15) is 9.90 Å². The molecule has 0 saturated carbocycles. The van der Waals surface area contributed by atoms with Crippen molar-refractivity contribution in [2.45, 2.75) is 5.37 Å². The van der Waals surface area contributed by atoms with Gasteiger partial charge in [-0.2, -0.15) is 0 Å². The minimum atomic E-state index is -0.359. The summed E-state index contributed by atoms with van der Waals surface area (Å²) in [6.07, 6.45) is 1.44. The van der Waals surface area contributed by atoms with E-state index in [1.54, 1.807) is 24.3 Å². The third kappa shape index (κ3) is 2.95. The van der Waals surface area contributed by atoms with Gasteiger partial charge in [0.1, 0.15) is 11.1 Å². The third-order valence-corrected chi connectivity index (χ3v) is 4.79. The van der Waals surface area contributed by atoms with Crippen LogP contribution in [0.2, 0.25) is 10.0 Å². The monoisotopic (exact) mass is 355 g/mol. The number of hydrazine groups is 1. The Morgan fingerprint density at radius 2 is 2.14 bits per heavy atom. The predicted octanol–water partition coefficient (Wildman–Crippen LogP) is 3.70. The quantitative estimate of drug-likeness (QED) is 0.878. The summed E-state index contributed by atoms with van der Waals surface area (Å²) in [5.74, 6) is 0.655. The standard InChI is InChI=1S/C14H11Cl2N3O2S/c15-8-5-10(16)13(17-6-8)18-19-12(21)7-22-14(19)9-3-1-2-4-11(9)20/h1-6,14,20H,7H2,(H,17,18)/t14-/m0/s1. The van der Waals surface area contributed by atoms with Gasteiger partial charge in [0.2, 0.25) is 0 Å². The van der Waals surface area contributed by atoms with Crippen LogP contribution in [0.5, 0.6) is 5.75 Å². The van der Waals surface area contributed by atoms with Crippen molar-refractivity contribution in [2.24, 2.45) is 0 Å². The number of carbonyl (C=O) groups is 1. The second-order valence-electron chi connectivity index (χ2n) is 4.58. The summed E-state index contributed by atoms with van der Waals surface area (Å²) < 4.78 is 0. The smallest absolute Gasteiger partial charge is 0.252 e. The minimum absolute atomic E-state index is 0.119. The van der Waals surface area contributed by atoms with Crippen molar-refractivity contribution in [3.05, 3.63) is 52.1 Å². The lowest BCUT2D eigenvalue weighted by molar-refractivity contribution is -0.126. The molecule has 22 heavy (non-hydrogen) atoms. The number of pyridine rings is 1. The number of thioether (sulfide) groups is 1. The van der Waals surface area contributed by atoms with Gasteiger partial charge in [-0.05, 0) is 12.1 Å². The van der Waals surface area contributed by atoms with Gasteiger partial charge in [-0.3, -0.25) is 10.2 Å². The maximum Gasteiger partial charge on any atom is 0.252 e. The number of rotatable bonds is 3. The summed E-state index contributed by atoms with van der Waals surface area (Å²) >= 11 is 13.3. The number of carbonyl (C=O) groups excluding carboxylic acids is 1. The van der Waals surface area contributed by atoms with Gasteiger partial charge in [0.15, 0.2) is 5.82 Å². The summed E-state index contributed by atoms with van der Waals surface area (Å²) in [6, 6.07) is 8.45. The van der Waals surface area contributed by atoms with Gasteiger partial charge in [-0.25, -0.2) is 9.99 Å². The molecule has 8 heteroatoms. The van der Waals surface area contributed by atoms with Gasteiger partial charge < -0.3 is 5.11 Å². The highest BCUT2D eigenvalue weighted by atomic mass is 35.5. The van der Waals surface area contributed by atoms with Crippen molar-refractivity contribution < 1.29 is 9.90 Å². The van der Waals surface area contributed by atoms with Gasteiger partial charge in [0, 0.05) is 11.8 Å². The van der Waals surface area contributed by atoms with E-state index in [1.807, 2.05) is 6.07 Å². The normalized spacial score (nSPS) is 17.8. The number of amides is 1. The van der Waals surface area contributed by atoms with Crippen LogP contribution in [0.25, 0.3) is 0 Å². The number of halogens is 2. The summed E-state index contributed by atoms with van der Waals surface area (Å²) in [5.41, 5.74) is 3.56. The number of hydrogen-bond donors (Lipinski definition) is 2. The highest BCUT2D eigenvalue weighted by molar-refractivity contribution is 8.00. The maximum atomic E-state index is 12.1. The van der Waals surface area contributed by atoms with Crippen LogP contribution in [0.15, 0.2) is 36.5 Å². The zero-order valence-corrected chi connectivity index (χ0v) is 13.5. The fourth-order valence-corrected chi connectivity index (χ4v) is 3.64. The third-order valence-electron chi connectivity index (χ3n) is 3.10. The van der Waals surface area contributed by atoms with Gasteiger partial charge in [-0.15, -0.1) is 11.8 Å². The highest BCUT2D eigenvalue weighted by Gasteiger charge is 2.35. The Labute approximate surface area is 141 Å². The van der Waals surface area contributed by atoms with Crippen LogP contribution in [-0.4, -0.2) is 26.8 Å². The molecule has 0 aliphatic carbocycles. The van der Waals surface area contributed by atoms with Crippen molar-refractivity contribution in [2.75, 3.05) is 11.2 Å². The lowest BCUT2D eigenvalue weighted by atomic mass is 10.2. The average Bonchev–Trinajstić information content (AvgIpc) is 2.84. The SMILES string of the molecule is O=C1CS[C@@H](c2ccccc2O)N1Nc1ncc(Cl)cc1Cl. The largest absolute Gasteiger partial charge is 0.508 e. The summed E-state index contributed by atoms with van der Waals surface area (Å²) in [4.78, 5) is 16.2. The number of aromatic nitrogens is 1. The van der Waals surface area contributed by atoms with Crippen LogP contribution >= 0.6 is 35.0 Å². The molecule has 1 aromatic carbocycles. The Morgan fingerprint density at radius 3 is 2.86 bits per heavy atom. The van der Waals surface area contributed by atoms with Crippen molar-refractivity contribution in [1.29, 1.82) is 0 Å². The fourth-order valence-electron chi connectivity index (χ4n) is 2.08. The molecule has 1 aromatic heterocycles. The zero-order valence-electron chi connectivity index (χ0n) is 11.2. The summed E-state index contributed by atoms with van der Waals surface area (Å²) in [6.45, 7) is 0. The molecule has 2 aromatic rings. The number of para-hydroxylation sites is 1. The number of nitrogens with one attached hydrogen (secondary N) is 1. The number of benzene rings is 1. The summed E-state index contributed by atoms with van der Waals surface area (Å²) in [5, 5.41) is 11.8. The number of hydrogen-bond acceptors (Lipinski definition) is 5. The number of anilines is 1. The van der Waals surface area contributed by atoms with E-state index in [2.05, 4.69) is 10.4 Å². The molecular weight excluding hydrogens is 345 g/mol. The summed E-state index contributed by atoms with van der Waals surface area (Å²) in [7, 11) is 0. The van der Waals surface area contributed by atoms with Gasteiger partial charge >= 0.3 is 0 Å². The molecule has 0 radical (unpaired) electrons. The van der Waals surface area contributed by atoms with E-state index in [-0.39, 0.29) is 17.0 Å². The topological polar surface area (TPSA) is 65.5 Å². The van der Waals surface area contributed by atoms with E-state index < -0.39 is 0 Å². The number of nitrogens with zero attached hydrogens (tertiary/aromatic N) is 2. The Morgan fingerprint density at radius 1 is 1.36 bits per heavy atom. The van der Waals surface area contributed by atoms with Crippen molar-refractivity contribution in [3.63, 3.8) is 0 Å². The Kier molecular flexibility index (Phi) is 4.33. The maximum absolute atomic E-state index is 12.1. The fraction of sp³-hybridized carbons (Fsp3) is 0.143. The average molecular weight is 356 g/mol. The molecule has 1 atom stereocenters. The molecule has 0 spiro atoms. The second kappa shape index (κ2) is 6.24. The highest BCUT2D eigenvalue weighted by Crippen LogP contribution is 2.42. The number of aromatic hydroxyl groups is 1. The van der Waals surface area contributed by atoms with Crippen LogP contribution in [-0.2, 0) is 4.79 Å². The zero-order chi connectivity index (χ0) is 15.7. The van der Waals surface area contributed by atoms with Gasteiger partial charge in [-0.1, -0.05) is 41.4 Å². The molecule has 2 heterocycles. The molecule has 1 aliphatic rings. The Hall–Kier alpha value is -1.63. The Bertz CT molecular complexity index is 729. The first-order chi connectivity index (χ1) is 10.6. The van der Waals surface area contributed by atoms with Crippen molar-refractivity contribution in [3.8, 4) is 5.75 Å². The molecule has 0 unspecified atom stereocenters. The predicted molar refractivity (Wildman–Crippen MR) is 88.0 cm³/mol. The van der Waals surface area contributed by atoms with Gasteiger partial charge in [0.25, 0.3) is 5.91 Å². The Balaban J connectivity index is 1.90. The molecule has 1 aliphatic heterocycles. The van der Waals surface area contributed by atoms with Crippen LogP contribution in [0.4, 0.5) is 5.82 Å². The van der Waals surface area contributed by atoms with Crippen LogP contribution in [0.3, 0.4) is 0 Å². The first-order valence-electron chi connectivity index (χ1n) is 6.35. The minimum Gasteiger partial charge on any atom is -0.508 e. The second-order valence-corrected chi connectivity index (χ2v) is 6.49. The van der Waals surface area contributed by atoms with Crippen molar-refractivity contribution >= 4 is 46.7 Å². The molecule has 1 saturated heterocycles. The molecule has 114 valence electrons. The van der Waals surface area contributed by atoms with E-state index in [4.69, 9.17) is 23.2 Å². The molecular formula is C14H11Cl2N3O2S. The lowest BCUT2D eigenvalue weighted by Gasteiger charge is -2.25. The van der Waals surface area contributed by atoms with E-state index >= 15 is 0 Å². The van der Waals surface area contributed by atoms with Crippen molar-refractivity contribution in [1.82, 2.24) is 9.99 Å². The van der Waals surface area contributed by atoms with Gasteiger partial charge in [0.05, 0.1) is 15.8 Å². The first-order valence-corrected chi connectivity index (χ1v) is 8.16.